The summed E-state index contributed by atoms with van der Waals surface area (Å²) in [7, 11) is 0. The third-order valence-electron chi connectivity index (χ3n) is 4.88. The Balaban J connectivity index is 1.73. The Hall–Kier alpha value is -0.530. The van der Waals surface area contributed by atoms with Crippen LogP contribution in [-0.2, 0) is 4.79 Å². The molecule has 4 saturated carbocycles. The standard InChI is InChI=1S/C11H16O2/c12-10(13)1-2-11-5-7-3-9(11)4-8(7)6-11/h7-9H,1-6H2,(H,12,13). The second-order valence-corrected chi connectivity index (χ2v) is 5.35. The molecule has 4 aliphatic carbocycles. The van der Waals surface area contributed by atoms with Gasteiger partial charge in [-0.25, -0.2) is 0 Å². The van der Waals surface area contributed by atoms with Gasteiger partial charge < -0.3 is 5.11 Å². The van der Waals surface area contributed by atoms with Crippen molar-refractivity contribution in [2.75, 3.05) is 0 Å². The lowest BCUT2D eigenvalue weighted by Gasteiger charge is -2.28. The van der Waals surface area contributed by atoms with Crippen LogP contribution in [0.2, 0.25) is 0 Å². The van der Waals surface area contributed by atoms with E-state index in [0.717, 1.165) is 24.2 Å². The van der Waals surface area contributed by atoms with E-state index in [0.29, 0.717) is 11.8 Å². The number of aliphatic carboxylic acids is 1. The molecule has 0 amide bonds. The van der Waals surface area contributed by atoms with Gasteiger partial charge in [0.05, 0.1) is 0 Å². The smallest absolute Gasteiger partial charge is 0.303 e. The van der Waals surface area contributed by atoms with Crippen molar-refractivity contribution in [3.05, 3.63) is 0 Å². The summed E-state index contributed by atoms with van der Waals surface area (Å²) in [6.45, 7) is 0. The Morgan fingerprint density at radius 1 is 1.31 bits per heavy atom. The maximum absolute atomic E-state index is 10.5. The van der Waals surface area contributed by atoms with Gasteiger partial charge in [-0.15, -0.1) is 0 Å². The fourth-order valence-corrected chi connectivity index (χ4v) is 4.44. The van der Waals surface area contributed by atoms with Crippen LogP contribution in [0.15, 0.2) is 0 Å². The zero-order valence-corrected chi connectivity index (χ0v) is 7.83. The number of rotatable bonds is 3. The molecule has 4 aliphatic rings. The van der Waals surface area contributed by atoms with E-state index in [1.165, 1.54) is 25.7 Å². The van der Waals surface area contributed by atoms with Crippen LogP contribution in [0.25, 0.3) is 0 Å². The third-order valence-corrected chi connectivity index (χ3v) is 4.88. The summed E-state index contributed by atoms with van der Waals surface area (Å²) in [6.07, 6.45) is 6.91. The zero-order chi connectivity index (χ0) is 9.05. The van der Waals surface area contributed by atoms with Gasteiger partial charge in [-0.1, -0.05) is 0 Å². The molecule has 0 saturated heterocycles. The van der Waals surface area contributed by atoms with Crippen molar-refractivity contribution < 1.29 is 9.90 Å². The minimum atomic E-state index is -0.609. The fraction of sp³-hybridized carbons (Fsp3) is 0.909. The molecule has 2 heteroatoms. The van der Waals surface area contributed by atoms with Crippen LogP contribution in [0.4, 0.5) is 0 Å². The maximum atomic E-state index is 10.5. The molecule has 2 atom stereocenters. The lowest BCUT2D eigenvalue weighted by molar-refractivity contribution is -0.137. The number of hydrogen-bond donors (Lipinski definition) is 1. The second kappa shape index (κ2) is 2.28. The van der Waals surface area contributed by atoms with E-state index in [2.05, 4.69) is 0 Å². The largest absolute Gasteiger partial charge is 0.481 e. The van der Waals surface area contributed by atoms with Gasteiger partial charge in [0.25, 0.3) is 0 Å². The molecule has 2 nitrogen and oxygen atoms in total. The molecule has 4 rings (SSSR count). The van der Waals surface area contributed by atoms with E-state index in [4.69, 9.17) is 5.11 Å². The molecule has 0 heterocycles. The first-order chi connectivity index (χ1) is 6.20. The Labute approximate surface area is 78.3 Å². The lowest BCUT2D eigenvalue weighted by Crippen LogP contribution is -2.20. The Kier molecular flexibility index (Phi) is 1.38. The molecule has 1 N–H and O–H groups in total. The molecule has 13 heavy (non-hydrogen) atoms. The average molecular weight is 180 g/mol. The van der Waals surface area contributed by atoms with Crippen LogP contribution in [0.5, 0.6) is 0 Å². The first kappa shape index (κ1) is 7.84. The SMILES string of the molecule is O=C(O)CCC12CC3CC1CC3C2. The normalized spacial score (nSPS) is 50.6. The first-order valence-corrected chi connectivity index (χ1v) is 5.41. The van der Waals surface area contributed by atoms with Crippen molar-refractivity contribution in [2.24, 2.45) is 23.2 Å². The minimum Gasteiger partial charge on any atom is -0.481 e. The van der Waals surface area contributed by atoms with Gasteiger partial charge in [0.1, 0.15) is 0 Å². The van der Waals surface area contributed by atoms with E-state index < -0.39 is 5.97 Å². The molecule has 0 aliphatic heterocycles. The molecule has 2 unspecified atom stereocenters. The molecule has 4 bridgehead atoms. The van der Waals surface area contributed by atoms with E-state index >= 15 is 0 Å². The van der Waals surface area contributed by atoms with Crippen molar-refractivity contribution >= 4 is 5.97 Å². The van der Waals surface area contributed by atoms with E-state index in [1.807, 2.05) is 0 Å². The van der Waals surface area contributed by atoms with Crippen LogP contribution in [0.3, 0.4) is 0 Å². The Morgan fingerprint density at radius 2 is 1.92 bits per heavy atom. The minimum absolute atomic E-state index is 0.399. The van der Waals surface area contributed by atoms with Gasteiger partial charge in [-0.05, 0) is 55.3 Å². The number of carboxylic acid groups (broad SMARTS) is 1. The number of hydrogen-bond acceptors (Lipinski definition) is 1. The van der Waals surface area contributed by atoms with Crippen molar-refractivity contribution in [3.8, 4) is 0 Å². The Morgan fingerprint density at radius 3 is 2.31 bits per heavy atom. The summed E-state index contributed by atoms with van der Waals surface area (Å²) in [6, 6.07) is 0. The van der Waals surface area contributed by atoms with Crippen LogP contribution in [-0.4, -0.2) is 11.1 Å². The molecule has 72 valence electrons. The highest BCUT2D eigenvalue weighted by Gasteiger charge is 2.62. The van der Waals surface area contributed by atoms with Gasteiger partial charge in [-0.3, -0.25) is 4.79 Å². The predicted octanol–water partition coefficient (Wildman–Crippen LogP) is 2.29. The van der Waals surface area contributed by atoms with Gasteiger partial charge in [0.2, 0.25) is 0 Å². The monoisotopic (exact) mass is 180 g/mol. The molecule has 4 fully saturated rings. The second-order valence-electron chi connectivity index (χ2n) is 5.35. The molecular formula is C11H16O2. The third kappa shape index (κ3) is 0.918. The molecule has 0 radical (unpaired) electrons. The maximum Gasteiger partial charge on any atom is 0.303 e. The summed E-state index contributed by atoms with van der Waals surface area (Å²) in [5.74, 6) is 2.27. The van der Waals surface area contributed by atoms with Gasteiger partial charge in [0, 0.05) is 6.42 Å². The zero-order valence-electron chi connectivity index (χ0n) is 7.83. The molecular weight excluding hydrogens is 164 g/mol. The molecule has 0 spiro atoms. The van der Waals surface area contributed by atoms with Gasteiger partial charge in [-0.2, -0.15) is 0 Å². The predicted molar refractivity (Wildman–Crippen MR) is 48.2 cm³/mol. The van der Waals surface area contributed by atoms with E-state index in [9.17, 15) is 4.79 Å². The van der Waals surface area contributed by atoms with Crippen molar-refractivity contribution in [3.63, 3.8) is 0 Å². The van der Waals surface area contributed by atoms with Crippen LogP contribution in [0, 0.1) is 23.2 Å². The Bertz CT molecular complexity index is 245. The highest BCUT2D eigenvalue weighted by molar-refractivity contribution is 5.66. The number of carboxylic acids is 1. The van der Waals surface area contributed by atoms with Crippen molar-refractivity contribution in [1.82, 2.24) is 0 Å². The summed E-state index contributed by atoms with van der Waals surface area (Å²) in [5.41, 5.74) is 0.494. The molecule has 0 aromatic carbocycles. The first-order valence-electron chi connectivity index (χ1n) is 5.41. The molecule has 0 aromatic heterocycles. The van der Waals surface area contributed by atoms with Crippen LogP contribution >= 0.6 is 0 Å². The fourth-order valence-electron chi connectivity index (χ4n) is 4.44. The highest BCUT2D eigenvalue weighted by atomic mass is 16.4. The summed E-state index contributed by atoms with van der Waals surface area (Å²) >= 11 is 0. The van der Waals surface area contributed by atoms with Crippen LogP contribution < -0.4 is 0 Å². The summed E-state index contributed by atoms with van der Waals surface area (Å²) in [5, 5.41) is 8.70. The van der Waals surface area contributed by atoms with Gasteiger partial charge >= 0.3 is 5.97 Å². The topological polar surface area (TPSA) is 37.3 Å². The van der Waals surface area contributed by atoms with Crippen molar-refractivity contribution in [1.29, 1.82) is 0 Å². The summed E-state index contributed by atoms with van der Waals surface area (Å²) in [4.78, 5) is 10.5. The van der Waals surface area contributed by atoms with Crippen molar-refractivity contribution in [2.45, 2.75) is 38.5 Å². The quantitative estimate of drug-likeness (QED) is 0.723. The molecule has 0 aromatic rings. The van der Waals surface area contributed by atoms with E-state index in [1.54, 1.807) is 0 Å². The number of carbonyl (C=O) groups is 1. The average Bonchev–Trinajstić information content (AvgIpc) is 2.69. The summed E-state index contributed by atoms with van der Waals surface area (Å²) < 4.78 is 0. The van der Waals surface area contributed by atoms with Crippen LogP contribution in [0.1, 0.15) is 38.5 Å². The lowest BCUT2D eigenvalue weighted by atomic mass is 9.77. The highest BCUT2D eigenvalue weighted by Crippen LogP contribution is 2.71. The van der Waals surface area contributed by atoms with E-state index in [-0.39, 0.29) is 0 Å². The van der Waals surface area contributed by atoms with Gasteiger partial charge in [0.15, 0.2) is 0 Å².